The van der Waals surface area contributed by atoms with Gasteiger partial charge in [-0.15, -0.1) is 0 Å². The van der Waals surface area contributed by atoms with E-state index in [1.54, 1.807) is 19.6 Å². The minimum absolute atomic E-state index is 0.398. The number of aromatic nitrogens is 3. The zero-order valence-corrected chi connectivity index (χ0v) is 8.19. The zero-order chi connectivity index (χ0) is 10.1. The maximum Gasteiger partial charge on any atom is 0.187 e. The standard InChI is InChI=1S/C9H12N4O/c1-3-13-5-12-6-4-11-9(10)8(14-2)7(6)13/h4-5H,3H2,1-2H3,(H2,10,11). The van der Waals surface area contributed by atoms with Gasteiger partial charge in [0.15, 0.2) is 11.6 Å². The summed E-state index contributed by atoms with van der Waals surface area (Å²) in [7, 11) is 1.58. The molecule has 0 aliphatic rings. The first kappa shape index (κ1) is 8.80. The Hall–Kier alpha value is -1.78. The van der Waals surface area contributed by atoms with E-state index in [4.69, 9.17) is 10.5 Å². The van der Waals surface area contributed by atoms with Crippen LogP contribution in [0.3, 0.4) is 0 Å². The van der Waals surface area contributed by atoms with Crippen molar-refractivity contribution in [1.29, 1.82) is 0 Å². The number of nitrogens with zero attached hydrogens (tertiary/aromatic N) is 3. The zero-order valence-electron chi connectivity index (χ0n) is 8.19. The molecule has 0 aromatic carbocycles. The number of pyridine rings is 1. The summed E-state index contributed by atoms with van der Waals surface area (Å²) in [6.45, 7) is 2.87. The van der Waals surface area contributed by atoms with Crippen LogP contribution in [0.5, 0.6) is 5.75 Å². The first-order valence-corrected chi connectivity index (χ1v) is 4.41. The summed E-state index contributed by atoms with van der Waals surface area (Å²) in [6, 6.07) is 0. The Morgan fingerprint density at radius 3 is 2.93 bits per heavy atom. The van der Waals surface area contributed by atoms with E-state index >= 15 is 0 Å². The van der Waals surface area contributed by atoms with Gasteiger partial charge in [0.25, 0.3) is 0 Å². The van der Waals surface area contributed by atoms with E-state index in [-0.39, 0.29) is 0 Å². The van der Waals surface area contributed by atoms with Crippen molar-refractivity contribution < 1.29 is 4.74 Å². The van der Waals surface area contributed by atoms with E-state index in [0.717, 1.165) is 17.6 Å². The highest BCUT2D eigenvalue weighted by Gasteiger charge is 2.11. The third-order valence-corrected chi connectivity index (χ3v) is 2.18. The van der Waals surface area contributed by atoms with Gasteiger partial charge in [-0.3, -0.25) is 0 Å². The fourth-order valence-corrected chi connectivity index (χ4v) is 1.49. The lowest BCUT2D eigenvalue weighted by Crippen LogP contribution is -1.99. The predicted molar refractivity (Wildman–Crippen MR) is 54.2 cm³/mol. The molecule has 74 valence electrons. The molecular formula is C9H12N4O. The van der Waals surface area contributed by atoms with E-state index in [0.29, 0.717) is 11.6 Å². The average Bonchev–Trinajstić information content (AvgIpc) is 2.61. The monoisotopic (exact) mass is 192 g/mol. The number of methoxy groups -OCH3 is 1. The van der Waals surface area contributed by atoms with Crippen LogP contribution < -0.4 is 10.5 Å². The maximum atomic E-state index is 5.70. The quantitative estimate of drug-likeness (QED) is 0.772. The number of hydrogen-bond donors (Lipinski definition) is 1. The Labute approximate surface area is 81.5 Å². The number of fused-ring (bicyclic) bond motifs is 1. The van der Waals surface area contributed by atoms with E-state index < -0.39 is 0 Å². The molecule has 0 unspecified atom stereocenters. The molecule has 2 aromatic rings. The highest BCUT2D eigenvalue weighted by molar-refractivity contribution is 5.85. The third-order valence-electron chi connectivity index (χ3n) is 2.18. The minimum Gasteiger partial charge on any atom is -0.491 e. The van der Waals surface area contributed by atoms with Crippen molar-refractivity contribution in [2.45, 2.75) is 13.5 Å². The molecule has 0 atom stereocenters. The fourth-order valence-electron chi connectivity index (χ4n) is 1.49. The average molecular weight is 192 g/mol. The Morgan fingerprint density at radius 1 is 1.50 bits per heavy atom. The minimum atomic E-state index is 0.398. The van der Waals surface area contributed by atoms with Gasteiger partial charge in [-0.1, -0.05) is 0 Å². The van der Waals surface area contributed by atoms with Gasteiger partial charge in [0.2, 0.25) is 0 Å². The maximum absolute atomic E-state index is 5.70. The van der Waals surface area contributed by atoms with Crippen LogP contribution in [0.1, 0.15) is 6.92 Å². The molecule has 2 N–H and O–H groups in total. The highest BCUT2D eigenvalue weighted by Crippen LogP contribution is 2.28. The normalized spacial score (nSPS) is 10.7. The topological polar surface area (TPSA) is 66.0 Å². The summed E-state index contributed by atoms with van der Waals surface area (Å²) in [5.41, 5.74) is 7.41. The lowest BCUT2D eigenvalue weighted by Gasteiger charge is -2.06. The van der Waals surface area contributed by atoms with Gasteiger partial charge < -0.3 is 15.0 Å². The van der Waals surface area contributed by atoms with Gasteiger partial charge in [0, 0.05) is 6.54 Å². The van der Waals surface area contributed by atoms with Gasteiger partial charge in [0.05, 0.1) is 19.6 Å². The fraction of sp³-hybridized carbons (Fsp3) is 0.333. The number of ether oxygens (including phenoxy) is 1. The number of nitrogen functional groups attached to an aromatic ring is 1. The molecular weight excluding hydrogens is 180 g/mol. The van der Waals surface area contributed by atoms with Crippen molar-refractivity contribution in [2.24, 2.45) is 0 Å². The molecule has 0 spiro atoms. The summed E-state index contributed by atoms with van der Waals surface area (Å²) in [4.78, 5) is 8.21. The van der Waals surface area contributed by atoms with Crippen LogP contribution in [-0.2, 0) is 6.54 Å². The molecule has 0 saturated heterocycles. The number of anilines is 1. The SMILES string of the molecule is CCn1cnc2cnc(N)c(OC)c21. The first-order valence-electron chi connectivity index (χ1n) is 4.41. The third kappa shape index (κ3) is 1.09. The van der Waals surface area contributed by atoms with E-state index in [1.807, 2.05) is 11.5 Å². The smallest absolute Gasteiger partial charge is 0.187 e. The molecule has 0 amide bonds. The molecule has 14 heavy (non-hydrogen) atoms. The second-order valence-corrected chi connectivity index (χ2v) is 2.94. The molecule has 0 radical (unpaired) electrons. The molecule has 0 fully saturated rings. The van der Waals surface area contributed by atoms with E-state index in [1.165, 1.54) is 0 Å². The van der Waals surface area contributed by atoms with Gasteiger partial charge in [-0.25, -0.2) is 9.97 Å². The van der Waals surface area contributed by atoms with Crippen LogP contribution in [0, 0.1) is 0 Å². The number of imidazole rings is 1. The summed E-state index contributed by atoms with van der Waals surface area (Å²) in [5, 5.41) is 0. The van der Waals surface area contributed by atoms with E-state index in [2.05, 4.69) is 9.97 Å². The van der Waals surface area contributed by atoms with Crippen molar-refractivity contribution in [3.8, 4) is 5.75 Å². The molecule has 0 aliphatic heterocycles. The first-order chi connectivity index (χ1) is 6.77. The lowest BCUT2D eigenvalue weighted by atomic mass is 10.3. The second kappa shape index (κ2) is 3.17. The van der Waals surface area contributed by atoms with Gasteiger partial charge in [0.1, 0.15) is 11.0 Å². The summed E-state index contributed by atoms with van der Waals surface area (Å²) in [6.07, 6.45) is 3.41. The van der Waals surface area contributed by atoms with Crippen molar-refractivity contribution in [1.82, 2.24) is 14.5 Å². The molecule has 0 saturated carbocycles. The number of nitrogens with two attached hydrogens (primary N) is 1. The van der Waals surface area contributed by atoms with Crippen molar-refractivity contribution >= 4 is 16.9 Å². The van der Waals surface area contributed by atoms with Gasteiger partial charge in [-0.2, -0.15) is 0 Å². The number of aryl methyl sites for hydroxylation is 1. The van der Waals surface area contributed by atoms with Crippen LogP contribution in [0.4, 0.5) is 5.82 Å². The van der Waals surface area contributed by atoms with Crippen LogP contribution in [-0.4, -0.2) is 21.6 Å². The van der Waals surface area contributed by atoms with Crippen LogP contribution in [0.25, 0.3) is 11.0 Å². The Balaban J connectivity index is 2.81. The van der Waals surface area contributed by atoms with Crippen LogP contribution in [0.15, 0.2) is 12.5 Å². The highest BCUT2D eigenvalue weighted by atomic mass is 16.5. The number of rotatable bonds is 2. The molecule has 5 heteroatoms. The van der Waals surface area contributed by atoms with Crippen molar-refractivity contribution in [3.63, 3.8) is 0 Å². The Morgan fingerprint density at radius 2 is 2.29 bits per heavy atom. The molecule has 0 aliphatic carbocycles. The molecule has 2 aromatic heterocycles. The molecule has 0 bridgehead atoms. The second-order valence-electron chi connectivity index (χ2n) is 2.94. The van der Waals surface area contributed by atoms with Gasteiger partial charge in [-0.05, 0) is 6.92 Å². The number of hydrogen-bond acceptors (Lipinski definition) is 4. The summed E-state index contributed by atoms with van der Waals surface area (Å²) in [5.74, 6) is 0.997. The molecule has 5 nitrogen and oxygen atoms in total. The van der Waals surface area contributed by atoms with Crippen molar-refractivity contribution in [3.05, 3.63) is 12.5 Å². The van der Waals surface area contributed by atoms with Crippen LogP contribution in [0.2, 0.25) is 0 Å². The van der Waals surface area contributed by atoms with E-state index in [9.17, 15) is 0 Å². The Kier molecular flexibility index (Phi) is 1.99. The van der Waals surface area contributed by atoms with Gasteiger partial charge >= 0.3 is 0 Å². The summed E-state index contributed by atoms with van der Waals surface area (Å²) < 4.78 is 7.19. The summed E-state index contributed by atoms with van der Waals surface area (Å²) >= 11 is 0. The largest absolute Gasteiger partial charge is 0.491 e. The molecule has 2 rings (SSSR count). The Bertz CT molecular complexity index is 463. The predicted octanol–water partition coefficient (Wildman–Crippen LogP) is 1.04. The van der Waals surface area contributed by atoms with Crippen LogP contribution >= 0.6 is 0 Å². The lowest BCUT2D eigenvalue weighted by molar-refractivity contribution is 0.418. The van der Waals surface area contributed by atoms with Crippen molar-refractivity contribution in [2.75, 3.05) is 12.8 Å². The molecule has 2 heterocycles.